The van der Waals surface area contributed by atoms with Gasteiger partial charge in [-0.15, -0.1) is 0 Å². The number of nitrogens with one attached hydrogen (secondary N) is 2. The van der Waals surface area contributed by atoms with E-state index in [2.05, 4.69) is 31.4 Å². The van der Waals surface area contributed by atoms with Gasteiger partial charge in [-0.25, -0.2) is 8.42 Å². The molecule has 1 spiro atoms. The number of hydrogen-bond donors (Lipinski definition) is 2. The third kappa shape index (κ3) is 4.74. The van der Waals surface area contributed by atoms with Crippen molar-refractivity contribution in [1.82, 2.24) is 10.6 Å². The van der Waals surface area contributed by atoms with E-state index in [1.54, 1.807) is 12.1 Å². The molecule has 1 aromatic heterocycles. The van der Waals surface area contributed by atoms with Gasteiger partial charge in [-0.1, -0.05) is 20.8 Å². The smallest absolute Gasteiger partial charge is 0.286 e. The molecule has 1 aliphatic heterocycles. The SMILES string of the molecule is CC(C)(C)CCNC1CCS(=O)(=O)C2(CC(CNC(=O)c3ccco3)C2)C1. The molecule has 0 aromatic carbocycles. The molecule has 0 bridgehead atoms. The minimum absolute atomic E-state index is 0.215. The summed E-state index contributed by atoms with van der Waals surface area (Å²) in [5.74, 6) is 0.532. The average Bonchev–Trinajstić information content (AvgIpc) is 3.06. The summed E-state index contributed by atoms with van der Waals surface area (Å²) in [5, 5.41) is 6.43. The quantitative estimate of drug-likeness (QED) is 0.772. The van der Waals surface area contributed by atoms with Gasteiger partial charge < -0.3 is 15.1 Å². The summed E-state index contributed by atoms with van der Waals surface area (Å²) in [5.41, 5.74) is 0.277. The highest BCUT2D eigenvalue weighted by molar-refractivity contribution is 7.92. The fourth-order valence-corrected chi connectivity index (χ4v) is 6.77. The van der Waals surface area contributed by atoms with E-state index in [0.717, 1.165) is 13.0 Å². The summed E-state index contributed by atoms with van der Waals surface area (Å²) in [6.45, 7) is 8.07. The topological polar surface area (TPSA) is 88.4 Å². The van der Waals surface area contributed by atoms with E-state index in [-0.39, 0.29) is 34.8 Å². The molecule has 1 saturated heterocycles. The third-order valence-electron chi connectivity index (χ3n) is 5.94. The molecule has 0 radical (unpaired) electrons. The van der Waals surface area contributed by atoms with Gasteiger partial charge in [0, 0.05) is 12.6 Å². The number of furan rings is 1. The Balaban J connectivity index is 1.49. The molecule has 1 aliphatic carbocycles. The zero-order valence-corrected chi connectivity index (χ0v) is 17.4. The maximum absolute atomic E-state index is 12.7. The standard InChI is InChI=1S/C20H32N2O4S/c1-19(2,3)7-8-21-16-6-10-27(24,25)20(13-16)11-15(12-20)14-22-18(23)17-5-4-9-26-17/h4-5,9,15-16,21H,6-8,10-14H2,1-3H3,(H,22,23). The lowest BCUT2D eigenvalue weighted by molar-refractivity contribution is 0.0896. The molecule has 1 saturated carbocycles. The van der Waals surface area contributed by atoms with Crippen molar-refractivity contribution in [2.24, 2.45) is 11.3 Å². The van der Waals surface area contributed by atoms with Crippen LogP contribution >= 0.6 is 0 Å². The maximum Gasteiger partial charge on any atom is 0.286 e. The number of hydrogen-bond acceptors (Lipinski definition) is 5. The molecule has 7 heteroatoms. The number of carbonyl (C=O) groups excluding carboxylic acids is 1. The maximum atomic E-state index is 12.7. The van der Waals surface area contributed by atoms with Gasteiger partial charge in [0.25, 0.3) is 5.91 Å². The Labute approximate surface area is 162 Å². The Kier molecular flexibility index (Phi) is 5.73. The van der Waals surface area contributed by atoms with E-state index < -0.39 is 14.6 Å². The molecule has 1 amide bonds. The van der Waals surface area contributed by atoms with Crippen molar-refractivity contribution < 1.29 is 17.6 Å². The van der Waals surface area contributed by atoms with E-state index in [1.165, 1.54) is 6.26 Å². The molecule has 1 unspecified atom stereocenters. The predicted octanol–water partition coefficient (Wildman–Crippen LogP) is 2.76. The highest BCUT2D eigenvalue weighted by atomic mass is 32.2. The summed E-state index contributed by atoms with van der Waals surface area (Å²) < 4.78 is 29.9. The van der Waals surface area contributed by atoms with Crippen molar-refractivity contribution in [3.8, 4) is 0 Å². The van der Waals surface area contributed by atoms with Crippen molar-refractivity contribution >= 4 is 15.7 Å². The van der Waals surface area contributed by atoms with Gasteiger partial charge in [0.05, 0.1) is 16.8 Å². The van der Waals surface area contributed by atoms with Crippen molar-refractivity contribution in [3.05, 3.63) is 24.2 Å². The highest BCUT2D eigenvalue weighted by Crippen LogP contribution is 2.49. The van der Waals surface area contributed by atoms with Crippen LogP contribution in [0.1, 0.15) is 63.4 Å². The number of sulfone groups is 1. The largest absolute Gasteiger partial charge is 0.459 e. The molecule has 2 fully saturated rings. The first-order chi connectivity index (χ1) is 12.6. The van der Waals surface area contributed by atoms with Crippen LogP contribution in [0.25, 0.3) is 0 Å². The second-order valence-corrected chi connectivity index (χ2v) is 11.9. The predicted molar refractivity (Wildman–Crippen MR) is 105 cm³/mol. The average molecular weight is 397 g/mol. The summed E-state index contributed by atoms with van der Waals surface area (Å²) in [4.78, 5) is 12.0. The molecule has 1 atom stereocenters. The second kappa shape index (κ2) is 7.59. The van der Waals surface area contributed by atoms with Gasteiger partial charge in [-0.2, -0.15) is 0 Å². The lowest BCUT2D eigenvalue weighted by atomic mass is 9.70. The zero-order chi connectivity index (χ0) is 19.7. The summed E-state index contributed by atoms with van der Waals surface area (Å²) >= 11 is 0. The van der Waals surface area contributed by atoms with Crippen molar-refractivity contribution in [1.29, 1.82) is 0 Å². The molecule has 2 aliphatic rings. The van der Waals surface area contributed by atoms with Gasteiger partial charge in [0.1, 0.15) is 0 Å². The summed E-state index contributed by atoms with van der Waals surface area (Å²) in [7, 11) is -3.06. The molecular formula is C20H32N2O4S. The first-order valence-corrected chi connectivity index (χ1v) is 11.5. The number of amides is 1. The molecule has 1 aromatic rings. The van der Waals surface area contributed by atoms with Crippen LogP contribution in [0.15, 0.2) is 22.8 Å². The fourth-order valence-electron chi connectivity index (χ4n) is 4.31. The van der Waals surface area contributed by atoms with Gasteiger partial charge in [0.15, 0.2) is 15.6 Å². The van der Waals surface area contributed by atoms with Gasteiger partial charge in [-0.3, -0.25) is 4.79 Å². The Morgan fingerprint density at radius 2 is 2.04 bits per heavy atom. The van der Waals surface area contributed by atoms with Crippen molar-refractivity contribution in [3.63, 3.8) is 0 Å². The van der Waals surface area contributed by atoms with Crippen LogP contribution in [0.3, 0.4) is 0 Å². The molecular weight excluding hydrogens is 364 g/mol. The number of rotatable bonds is 6. The van der Waals surface area contributed by atoms with Crippen LogP contribution in [-0.2, 0) is 9.84 Å². The third-order valence-corrected chi connectivity index (χ3v) is 8.53. The Bertz CT molecular complexity index is 743. The van der Waals surface area contributed by atoms with Crippen LogP contribution in [-0.4, -0.2) is 44.0 Å². The normalized spacial score (nSPS) is 30.0. The molecule has 152 valence electrons. The van der Waals surface area contributed by atoms with Crippen LogP contribution < -0.4 is 10.6 Å². The lowest BCUT2D eigenvalue weighted by Crippen LogP contribution is -2.59. The Morgan fingerprint density at radius 1 is 1.30 bits per heavy atom. The highest BCUT2D eigenvalue weighted by Gasteiger charge is 2.56. The molecule has 2 N–H and O–H groups in total. The zero-order valence-electron chi connectivity index (χ0n) is 16.6. The first kappa shape index (κ1) is 20.4. The summed E-state index contributed by atoms with van der Waals surface area (Å²) in [6, 6.07) is 3.57. The van der Waals surface area contributed by atoms with Crippen molar-refractivity contribution in [2.75, 3.05) is 18.8 Å². The minimum atomic E-state index is -3.06. The van der Waals surface area contributed by atoms with Gasteiger partial charge in [-0.05, 0) is 62.1 Å². The Hall–Kier alpha value is -1.34. The van der Waals surface area contributed by atoms with Crippen molar-refractivity contribution in [2.45, 2.75) is 63.7 Å². The van der Waals surface area contributed by atoms with E-state index in [4.69, 9.17) is 4.42 Å². The van der Waals surface area contributed by atoms with E-state index in [9.17, 15) is 13.2 Å². The molecule has 6 nitrogen and oxygen atoms in total. The Morgan fingerprint density at radius 3 is 2.67 bits per heavy atom. The first-order valence-electron chi connectivity index (χ1n) is 9.88. The van der Waals surface area contributed by atoms with E-state index >= 15 is 0 Å². The van der Waals surface area contributed by atoms with Gasteiger partial charge >= 0.3 is 0 Å². The van der Waals surface area contributed by atoms with Crippen LogP contribution in [0, 0.1) is 11.3 Å². The molecule has 3 rings (SSSR count). The van der Waals surface area contributed by atoms with Crippen LogP contribution in [0.2, 0.25) is 0 Å². The number of carbonyl (C=O) groups is 1. The minimum Gasteiger partial charge on any atom is -0.459 e. The lowest BCUT2D eigenvalue weighted by Gasteiger charge is -2.51. The second-order valence-electron chi connectivity index (χ2n) is 9.42. The van der Waals surface area contributed by atoms with Crippen LogP contribution in [0.4, 0.5) is 0 Å². The summed E-state index contributed by atoms with van der Waals surface area (Å²) in [6.07, 6.45) is 5.23. The monoisotopic (exact) mass is 396 g/mol. The molecule has 2 heterocycles. The fraction of sp³-hybridized carbons (Fsp3) is 0.750. The van der Waals surface area contributed by atoms with E-state index in [1.807, 2.05) is 0 Å². The van der Waals surface area contributed by atoms with E-state index in [0.29, 0.717) is 32.2 Å². The van der Waals surface area contributed by atoms with Gasteiger partial charge in [0.2, 0.25) is 0 Å². The van der Waals surface area contributed by atoms with Crippen LogP contribution in [0.5, 0.6) is 0 Å². The molecule has 27 heavy (non-hydrogen) atoms.